The van der Waals surface area contributed by atoms with Gasteiger partial charge in [0.2, 0.25) is 0 Å². The van der Waals surface area contributed by atoms with Crippen LogP contribution in [0.5, 0.6) is 0 Å². The third-order valence-corrected chi connectivity index (χ3v) is 4.19. The molecule has 1 heterocycles. The van der Waals surface area contributed by atoms with Crippen LogP contribution in [-0.4, -0.2) is 17.4 Å². The predicted octanol–water partition coefficient (Wildman–Crippen LogP) is 4.26. The van der Waals surface area contributed by atoms with E-state index in [0.717, 1.165) is 11.9 Å². The van der Waals surface area contributed by atoms with E-state index < -0.39 is 0 Å². The van der Waals surface area contributed by atoms with Crippen LogP contribution in [0, 0.1) is 0 Å². The Morgan fingerprint density at radius 3 is 2.57 bits per heavy atom. The lowest BCUT2D eigenvalue weighted by Crippen LogP contribution is -2.25. The Labute approximate surface area is 136 Å². The first-order valence-corrected chi connectivity index (χ1v) is 8.08. The molecule has 0 saturated carbocycles. The summed E-state index contributed by atoms with van der Waals surface area (Å²) in [6.07, 6.45) is 2.84. The Balaban J connectivity index is 1.59. The fraction of sp³-hybridized carbons (Fsp3) is 0.250. The zero-order valence-corrected chi connectivity index (χ0v) is 13.6. The zero-order valence-electron chi connectivity index (χ0n) is 13.6. The van der Waals surface area contributed by atoms with E-state index in [9.17, 15) is 4.79 Å². The number of carbonyl (C=O) groups is 1. The summed E-state index contributed by atoms with van der Waals surface area (Å²) in [6, 6.07) is 16.1. The van der Waals surface area contributed by atoms with Gasteiger partial charge in [-0.25, -0.2) is 0 Å². The maximum absolute atomic E-state index is 12.2. The lowest BCUT2D eigenvalue weighted by Gasteiger charge is -2.08. The molecule has 1 amide bonds. The molecule has 3 rings (SSSR count). The Kier molecular flexibility index (Phi) is 4.47. The molecule has 2 aromatic carbocycles. The second-order valence-corrected chi connectivity index (χ2v) is 6.14. The van der Waals surface area contributed by atoms with Crippen molar-refractivity contribution in [2.24, 2.45) is 0 Å². The Hall–Kier alpha value is -2.55. The van der Waals surface area contributed by atoms with E-state index in [1.807, 2.05) is 42.6 Å². The highest BCUT2D eigenvalue weighted by molar-refractivity contribution is 5.94. The van der Waals surface area contributed by atoms with Crippen molar-refractivity contribution < 1.29 is 4.79 Å². The lowest BCUT2D eigenvalue weighted by molar-refractivity contribution is 0.0954. The van der Waals surface area contributed by atoms with Gasteiger partial charge in [-0.05, 0) is 41.7 Å². The molecular formula is C20H22N2O. The number of rotatable bonds is 5. The molecule has 0 bridgehead atoms. The smallest absolute Gasteiger partial charge is 0.251 e. The summed E-state index contributed by atoms with van der Waals surface area (Å²) in [4.78, 5) is 15.5. The van der Waals surface area contributed by atoms with Crippen LogP contribution in [0.3, 0.4) is 0 Å². The minimum absolute atomic E-state index is 0.0138. The SMILES string of the molecule is CC(C)c1ccc(C(=O)NCCc2c[nH]c3ccccc23)cc1. The van der Waals surface area contributed by atoms with Gasteiger partial charge in [-0.1, -0.05) is 44.2 Å². The molecule has 3 heteroatoms. The molecule has 0 aliphatic carbocycles. The maximum Gasteiger partial charge on any atom is 0.251 e. The number of nitrogens with one attached hydrogen (secondary N) is 2. The van der Waals surface area contributed by atoms with E-state index in [2.05, 4.69) is 36.3 Å². The van der Waals surface area contributed by atoms with Crippen LogP contribution in [0.15, 0.2) is 54.7 Å². The van der Waals surface area contributed by atoms with Gasteiger partial charge in [0.1, 0.15) is 0 Å². The standard InChI is InChI=1S/C20H22N2O/c1-14(2)15-7-9-16(10-8-15)20(23)21-12-11-17-13-22-19-6-4-3-5-18(17)19/h3-10,13-14,22H,11-12H2,1-2H3,(H,21,23). The fourth-order valence-corrected chi connectivity index (χ4v) is 2.77. The van der Waals surface area contributed by atoms with Crippen molar-refractivity contribution in [1.29, 1.82) is 0 Å². The predicted molar refractivity (Wildman–Crippen MR) is 94.9 cm³/mol. The number of carbonyl (C=O) groups excluding carboxylic acids is 1. The molecule has 0 atom stereocenters. The number of aromatic amines is 1. The Morgan fingerprint density at radius 1 is 1.09 bits per heavy atom. The monoisotopic (exact) mass is 306 g/mol. The third kappa shape index (κ3) is 3.45. The second kappa shape index (κ2) is 6.69. The van der Waals surface area contributed by atoms with E-state index in [4.69, 9.17) is 0 Å². The van der Waals surface area contributed by atoms with Crippen molar-refractivity contribution in [1.82, 2.24) is 10.3 Å². The summed E-state index contributed by atoms with van der Waals surface area (Å²) >= 11 is 0. The average Bonchev–Trinajstić information content (AvgIpc) is 2.98. The molecule has 0 radical (unpaired) electrons. The van der Waals surface area contributed by atoms with Crippen LogP contribution in [-0.2, 0) is 6.42 Å². The van der Waals surface area contributed by atoms with Crippen LogP contribution >= 0.6 is 0 Å². The molecule has 0 saturated heterocycles. The van der Waals surface area contributed by atoms with E-state index >= 15 is 0 Å². The van der Waals surface area contributed by atoms with E-state index in [-0.39, 0.29) is 5.91 Å². The van der Waals surface area contributed by atoms with Crippen LogP contribution in [0.2, 0.25) is 0 Å². The average molecular weight is 306 g/mol. The van der Waals surface area contributed by atoms with Crippen molar-refractivity contribution in [2.45, 2.75) is 26.2 Å². The summed E-state index contributed by atoms with van der Waals surface area (Å²) < 4.78 is 0. The topological polar surface area (TPSA) is 44.9 Å². The van der Waals surface area contributed by atoms with Gasteiger partial charge in [-0.3, -0.25) is 4.79 Å². The van der Waals surface area contributed by atoms with Crippen LogP contribution in [0.25, 0.3) is 10.9 Å². The largest absolute Gasteiger partial charge is 0.361 e. The highest BCUT2D eigenvalue weighted by Gasteiger charge is 2.07. The number of H-pyrrole nitrogens is 1. The van der Waals surface area contributed by atoms with Crippen LogP contribution in [0.1, 0.15) is 41.3 Å². The van der Waals surface area contributed by atoms with Crippen molar-refractivity contribution in [3.05, 3.63) is 71.4 Å². The molecule has 0 fully saturated rings. The van der Waals surface area contributed by atoms with E-state index in [1.54, 1.807) is 0 Å². The van der Waals surface area contributed by atoms with Gasteiger partial charge in [0.15, 0.2) is 0 Å². The highest BCUT2D eigenvalue weighted by atomic mass is 16.1. The molecule has 118 valence electrons. The number of hydrogen-bond donors (Lipinski definition) is 2. The van der Waals surface area contributed by atoms with Gasteiger partial charge in [0, 0.05) is 29.2 Å². The van der Waals surface area contributed by atoms with E-state index in [1.165, 1.54) is 16.5 Å². The summed E-state index contributed by atoms with van der Waals surface area (Å²) in [7, 11) is 0. The zero-order chi connectivity index (χ0) is 16.2. The molecule has 0 unspecified atom stereocenters. The van der Waals surface area contributed by atoms with Gasteiger partial charge in [-0.2, -0.15) is 0 Å². The van der Waals surface area contributed by atoms with Crippen molar-refractivity contribution in [3.8, 4) is 0 Å². The van der Waals surface area contributed by atoms with Gasteiger partial charge in [-0.15, -0.1) is 0 Å². The first-order valence-electron chi connectivity index (χ1n) is 8.08. The fourth-order valence-electron chi connectivity index (χ4n) is 2.77. The van der Waals surface area contributed by atoms with Gasteiger partial charge < -0.3 is 10.3 Å². The molecule has 2 N–H and O–H groups in total. The molecular weight excluding hydrogens is 284 g/mol. The van der Waals surface area contributed by atoms with Gasteiger partial charge >= 0.3 is 0 Å². The first kappa shape index (κ1) is 15.3. The molecule has 0 spiro atoms. The molecule has 1 aromatic heterocycles. The summed E-state index contributed by atoms with van der Waals surface area (Å²) in [5, 5.41) is 4.22. The van der Waals surface area contributed by atoms with E-state index in [0.29, 0.717) is 18.0 Å². The molecule has 3 nitrogen and oxygen atoms in total. The molecule has 3 aromatic rings. The number of amides is 1. The first-order chi connectivity index (χ1) is 11.1. The molecule has 23 heavy (non-hydrogen) atoms. The molecule has 0 aliphatic heterocycles. The number of aromatic nitrogens is 1. The summed E-state index contributed by atoms with van der Waals surface area (Å²) in [6.45, 7) is 4.93. The van der Waals surface area contributed by atoms with Gasteiger partial charge in [0.25, 0.3) is 5.91 Å². The summed E-state index contributed by atoms with van der Waals surface area (Å²) in [5.74, 6) is 0.467. The van der Waals surface area contributed by atoms with Crippen LogP contribution < -0.4 is 5.32 Å². The second-order valence-electron chi connectivity index (χ2n) is 6.14. The minimum Gasteiger partial charge on any atom is -0.361 e. The number of fused-ring (bicyclic) bond motifs is 1. The quantitative estimate of drug-likeness (QED) is 0.726. The molecule has 0 aliphatic rings. The number of para-hydroxylation sites is 1. The number of hydrogen-bond acceptors (Lipinski definition) is 1. The van der Waals surface area contributed by atoms with Gasteiger partial charge in [0.05, 0.1) is 0 Å². The van der Waals surface area contributed by atoms with Crippen molar-refractivity contribution in [3.63, 3.8) is 0 Å². The van der Waals surface area contributed by atoms with Crippen molar-refractivity contribution >= 4 is 16.8 Å². The normalized spacial score (nSPS) is 11.1. The lowest BCUT2D eigenvalue weighted by atomic mass is 10.0. The minimum atomic E-state index is -0.0138. The third-order valence-electron chi connectivity index (χ3n) is 4.19. The maximum atomic E-state index is 12.2. The van der Waals surface area contributed by atoms with Crippen molar-refractivity contribution in [2.75, 3.05) is 6.54 Å². The Bertz CT molecular complexity index is 800. The van der Waals surface area contributed by atoms with Crippen LogP contribution in [0.4, 0.5) is 0 Å². The highest BCUT2D eigenvalue weighted by Crippen LogP contribution is 2.18. The summed E-state index contributed by atoms with van der Waals surface area (Å²) in [5.41, 5.74) is 4.34. The Morgan fingerprint density at radius 2 is 1.83 bits per heavy atom. The number of benzene rings is 2.